The molecular formula is C10H11NO4. The van der Waals surface area contributed by atoms with Crippen LogP contribution in [0.25, 0.3) is 0 Å². The van der Waals surface area contributed by atoms with E-state index in [-0.39, 0.29) is 23.5 Å². The lowest BCUT2D eigenvalue weighted by Crippen LogP contribution is -2.17. The smallest absolute Gasteiger partial charge is 0.157 e. The van der Waals surface area contributed by atoms with Crippen LogP contribution in [0.5, 0.6) is 11.5 Å². The predicted molar refractivity (Wildman–Crippen MR) is 51.0 cm³/mol. The number of aliphatic hydroxyl groups is 2. The summed E-state index contributed by atoms with van der Waals surface area (Å²) in [6.45, 7) is 0. The maximum Gasteiger partial charge on any atom is 0.157 e. The number of phenolic OH excluding ortho intramolecular Hbond substituents is 2. The monoisotopic (exact) mass is 209 g/mol. The summed E-state index contributed by atoms with van der Waals surface area (Å²) in [5.41, 5.74) is 0.244. The molecule has 0 saturated carbocycles. The van der Waals surface area contributed by atoms with Gasteiger partial charge in [-0.05, 0) is 17.7 Å². The van der Waals surface area contributed by atoms with Gasteiger partial charge >= 0.3 is 0 Å². The highest BCUT2D eigenvalue weighted by molar-refractivity contribution is 5.41. The molecule has 80 valence electrons. The second-order valence-electron chi connectivity index (χ2n) is 3.12. The van der Waals surface area contributed by atoms with Gasteiger partial charge in [0.15, 0.2) is 11.5 Å². The molecule has 15 heavy (non-hydrogen) atoms. The van der Waals surface area contributed by atoms with Crippen molar-refractivity contribution in [2.24, 2.45) is 0 Å². The molecule has 0 amide bonds. The summed E-state index contributed by atoms with van der Waals surface area (Å²) >= 11 is 0. The molecule has 2 atom stereocenters. The number of benzene rings is 1. The minimum Gasteiger partial charge on any atom is -0.504 e. The topological polar surface area (TPSA) is 105 Å². The molecule has 0 spiro atoms. The first kappa shape index (κ1) is 11.3. The normalized spacial score (nSPS) is 14.2. The largest absolute Gasteiger partial charge is 0.504 e. The Morgan fingerprint density at radius 2 is 1.87 bits per heavy atom. The number of phenols is 2. The van der Waals surface area contributed by atoms with Crippen molar-refractivity contribution in [3.05, 3.63) is 23.8 Å². The van der Waals surface area contributed by atoms with Crippen LogP contribution in [-0.2, 0) is 0 Å². The molecule has 0 aliphatic heterocycles. The second kappa shape index (κ2) is 4.64. The van der Waals surface area contributed by atoms with Crippen LogP contribution in [0.2, 0.25) is 0 Å². The SMILES string of the molecule is N#CCC(O)C(O)c1ccc(O)c(O)c1. The first-order chi connectivity index (χ1) is 7.06. The van der Waals surface area contributed by atoms with Gasteiger partial charge < -0.3 is 20.4 Å². The summed E-state index contributed by atoms with van der Waals surface area (Å²) in [4.78, 5) is 0. The average molecular weight is 209 g/mol. The van der Waals surface area contributed by atoms with Crippen molar-refractivity contribution in [3.63, 3.8) is 0 Å². The molecule has 0 bridgehead atoms. The molecule has 5 nitrogen and oxygen atoms in total. The molecule has 5 heteroatoms. The minimum atomic E-state index is -1.25. The molecule has 4 N–H and O–H groups in total. The Morgan fingerprint density at radius 1 is 1.20 bits per heavy atom. The van der Waals surface area contributed by atoms with Crippen LogP contribution in [0.1, 0.15) is 18.1 Å². The van der Waals surface area contributed by atoms with Crippen molar-refractivity contribution in [2.75, 3.05) is 0 Å². The van der Waals surface area contributed by atoms with Gasteiger partial charge in [-0.1, -0.05) is 6.07 Å². The lowest BCUT2D eigenvalue weighted by Gasteiger charge is -2.15. The van der Waals surface area contributed by atoms with Crippen LogP contribution in [-0.4, -0.2) is 26.5 Å². The van der Waals surface area contributed by atoms with Gasteiger partial charge in [-0.2, -0.15) is 5.26 Å². The van der Waals surface area contributed by atoms with Gasteiger partial charge in [0, 0.05) is 0 Å². The highest BCUT2D eigenvalue weighted by Crippen LogP contribution is 2.29. The Balaban J connectivity index is 2.87. The fourth-order valence-electron chi connectivity index (χ4n) is 1.15. The number of hydrogen-bond donors (Lipinski definition) is 4. The van der Waals surface area contributed by atoms with E-state index in [0.29, 0.717) is 0 Å². The van der Waals surface area contributed by atoms with Gasteiger partial charge in [-0.25, -0.2) is 0 Å². The number of rotatable bonds is 3. The lowest BCUT2D eigenvalue weighted by atomic mass is 10.0. The molecule has 2 unspecified atom stereocenters. The van der Waals surface area contributed by atoms with Crippen molar-refractivity contribution in [2.45, 2.75) is 18.6 Å². The Bertz CT molecular complexity index is 385. The van der Waals surface area contributed by atoms with Gasteiger partial charge in [0.2, 0.25) is 0 Å². The molecule has 1 rings (SSSR count). The van der Waals surface area contributed by atoms with Crippen LogP contribution in [0.3, 0.4) is 0 Å². The van der Waals surface area contributed by atoms with Crippen LogP contribution in [0.15, 0.2) is 18.2 Å². The molecular weight excluding hydrogens is 198 g/mol. The number of aliphatic hydroxyl groups excluding tert-OH is 2. The zero-order chi connectivity index (χ0) is 11.4. The van der Waals surface area contributed by atoms with Crippen molar-refractivity contribution < 1.29 is 20.4 Å². The van der Waals surface area contributed by atoms with E-state index < -0.39 is 12.2 Å². The van der Waals surface area contributed by atoms with E-state index in [2.05, 4.69) is 0 Å². The van der Waals surface area contributed by atoms with E-state index in [4.69, 9.17) is 15.5 Å². The Kier molecular flexibility index (Phi) is 3.50. The number of nitrogens with zero attached hydrogens (tertiary/aromatic N) is 1. The van der Waals surface area contributed by atoms with E-state index >= 15 is 0 Å². The molecule has 0 heterocycles. The standard InChI is InChI=1S/C10H11NO4/c11-4-3-8(13)10(15)6-1-2-7(12)9(14)5-6/h1-2,5,8,10,12-15H,3H2. The van der Waals surface area contributed by atoms with E-state index in [9.17, 15) is 10.2 Å². The summed E-state index contributed by atoms with van der Waals surface area (Å²) in [6.07, 6.45) is -2.67. The van der Waals surface area contributed by atoms with Crippen molar-refractivity contribution in [1.82, 2.24) is 0 Å². The third kappa shape index (κ3) is 2.59. The lowest BCUT2D eigenvalue weighted by molar-refractivity contribution is 0.0215. The summed E-state index contributed by atoms with van der Waals surface area (Å²) in [5.74, 6) is -0.684. The fourth-order valence-corrected chi connectivity index (χ4v) is 1.15. The molecule has 0 fully saturated rings. The first-order valence-corrected chi connectivity index (χ1v) is 4.31. The Labute approximate surface area is 86.5 Å². The summed E-state index contributed by atoms with van der Waals surface area (Å²) < 4.78 is 0. The summed E-state index contributed by atoms with van der Waals surface area (Å²) in [6, 6.07) is 5.42. The highest BCUT2D eigenvalue weighted by Gasteiger charge is 2.18. The Morgan fingerprint density at radius 3 is 2.40 bits per heavy atom. The molecule has 1 aromatic carbocycles. The predicted octanol–water partition coefficient (Wildman–Crippen LogP) is 0.406. The van der Waals surface area contributed by atoms with Crippen LogP contribution in [0.4, 0.5) is 0 Å². The van der Waals surface area contributed by atoms with Gasteiger partial charge in [0.05, 0.1) is 18.6 Å². The molecule has 0 aromatic heterocycles. The van der Waals surface area contributed by atoms with Crippen LogP contribution >= 0.6 is 0 Å². The summed E-state index contributed by atoms with van der Waals surface area (Å²) in [7, 11) is 0. The number of hydrogen-bond acceptors (Lipinski definition) is 5. The van der Waals surface area contributed by atoms with Gasteiger partial charge in [0.25, 0.3) is 0 Å². The third-order valence-electron chi connectivity index (χ3n) is 2.01. The quantitative estimate of drug-likeness (QED) is 0.539. The van der Waals surface area contributed by atoms with Gasteiger partial charge in [-0.15, -0.1) is 0 Å². The third-order valence-corrected chi connectivity index (χ3v) is 2.01. The highest BCUT2D eigenvalue weighted by atomic mass is 16.3. The zero-order valence-corrected chi connectivity index (χ0v) is 7.83. The van der Waals surface area contributed by atoms with Crippen LogP contribution < -0.4 is 0 Å². The zero-order valence-electron chi connectivity index (χ0n) is 7.83. The van der Waals surface area contributed by atoms with Gasteiger partial charge in [0.1, 0.15) is 6.10 Å². The average Bonchev–Trinajstić information content (AvgIpc) is 2.21. The van der Waals surface area contributed by atoms with Gasteiger partial charge in [-0.3, -0.25) is 0 Å². The van der Waals surface area contributed by atoms with E-state index in [1.807, 2.05) is 0 Å². The molecule has 0 radical (unpaired) electrons. The van der Waals surface area contributed by atoms with E-state index in [1.165, 1.54) is 12.1 Å². The molecule has 0 aliphatic carbocycles. The summed E-state index contributed by atoms with van der Waals surface area (Å²) in [5, 5.41) is 45.4. The number of nitriles is 1. The van der Waals surface area contributed by atoms with E-state index in [0.717, 1.165) is 6.07 Å². The second-order valence-corrected chi connectivity index (χ2v) is 3.12. The van der Waals surface area contributed by atoms with Crippen molar-refractivity contribution >= 4 is 0 Å². The molecule has 1 aromatic rings. The van der Waals surface area contributed by atoms with E-state index in [1.54, 1.807) is 6.07 Å². The maximum atomic E-state index is 9.54. The van der Waals surface area contributed by atoms with Crippen molar-refractivity contribution in [1.29, 1.82) is 5.26 Å². The maximum absolute atomic E-state index is 9.54. The minimum absolute atomic E-state index is 0.206. The van der Waals surface area contributed by atoms with Crippen LogP contribution in [0, 0.1) is 11.3 Å². The number of aromatic hydroxyl groups is 2. The first-order valence-electron chi connectivity index (χ1n) is 4.31. The molecule has 0 aliphatic rings. The fraction of sp³-hybridized carbons (Fsp3) is 0.300. The Hall–Kier alpha value is -1.77. The molecule has 0 saturated heterocycles. The van der Waals surface area contributed by atoms with Crippen molar-refractivity contribution in [3.8, 4) is 17.6 Å².